The zero-order valence-corrected chi connectivity index (χ0v) is 11.9. The summed E-state index contributed by atoms with van der Waals surface area (Å²) in [5, 5.41) is 14.2. The Bertz CT molecular complexity index is 800. The molecular formula is C17H16N2O2. The molecule has 0 bridgehead atoms. The fourth-order valence-corrected chi connectivity index (χ4v) is 2.31. The molecule has 2 aromatic carbocycles. The average Bonchev–Trinajstić information content (AvgIpc) is 2.47. The lowest BCUT2D eigenvalue weighted by Gasteiger charge is -2.11. The summed E-state index contributed by atoms with van der Waals surface area (Å²) in [4.78, 5) is 4.32. The second-order valence-electron chi connectivity index (χ2n) is 4.89. The van der Waals surface area contributed by atoms with E-state index in [1.165, 1.54) is 12.7 Å². The summed E-state index contributed by atoms with van der Waals surface area (Å²) in [6.07, 6.45) is 1.73. The van der Waals surface area contributed by atoms with Crippen molar-refractivity contribution < 1.29 is 9.84 Å². The van der Waals surface area contributed by atoms with Gasteiger partial charge < -0.3 is 15.2 Å². The summed E-state index contributed by atoms with van der Waals surface area (Å²) in [6.45, 7) is 2.05. The van der Waals surface area contributed by atoms with Gasteiger partial charge in [0.15, 0.2) is 11.5 Å². The summed E-state index contributed by atoms with van der Waals surface area (Å²) in [5.74, 6) is 0.521. The fourth-order valence-electron chi connectivity index (χ4n) is 2.31. The third kappa shape index (κ3) is 2.60. The summed E-state index contributed by atoms with van der Waals surface area (Å²) >= 11 is 0. The van der Waals surface area contributed by atoms with E-state index in [9.17, 15) is 5.11 Å². The van der Waals surface area contributed by atoms with Gasteiger partial charge in [-0.1, -0.05) is 12.1 Å². The summed E-state index contributed by atoms with van der Waals surface area (Å²) < 4.78 is 5.12. The predicted octanol–water partition coefficient (Wildman–Crippen LogP) is 4.00. The van der Waals surface area contributed by atoms with E-state index in [0.717, 1.165) is 22.3 Å². The highest BCUT2D eigenvalue weighted by Gasteiger charge is 2.08. The van der Waals surface area contributed by atoms with Crippen molar-refractivity contribution in [3.63, 3.8) is 0 Å². The highest BCUT2D eigenvalue weighted by Crippen LogP contribution is 2.34. The number of phenols is 1. The zero-order chi connectivity index (χ0) is 14.8. The number of aryl methyl sites for hydroxylation is 1. The second-order valence-corrected chi connectivity index (χ2v) is 4.89. The van der Waals surface area contributed by atoms with E-state index in [1.807, 2.05) is 31.2 Å². The molecule has 0 unspecified atom stereocenters. The van der Waals surface area contributed by atoms with Gasteiger partial charge in [-0.3, -0.25) is 4.98 Å². The Labute approximate surface area is 123 Å². The quantitative estimate of drug-likeness (QED) is 0.761. The van der Waals surface area contributed by atoms with Gasteiger partial charge >= 0.3 is 0 Å². The van der Waals surface area contributed by atoms with Crippen molar-refractivity contribution >= 4 is 22.3 Å². The maximum atomic E-state index is 9.96. The Morgan fingerprint density at radius 2 is 2.00 bits per heavy atom. The molecule has 0 fully saturated rings. The Hall–Kier alpha value is -2.75. The van der Waals surface area contributed by atoms with Gasteiger partial charge in [-0.15, -0.1) is 0 Å². The van der Waals surface area contributed by atoms with Crippen LogP contribution in [0.25, 0.3) is 10.9 Å². The number of hydrogen-bond acceptors (Lipinski definition) is 4. The number of benzene rings is 2. The van der Waals surface area contributed by atoms with Crippen molar-refractivity contribution in [1.29, 1.82) is 0 Å². The first kappa shape index (κ1) is 13.2. The van der Waals surface area contributed by atoms with Gasteiger partial charge in [0.2, 0.25) is 0 Å². The molecule has 1 heterocycles. The number of ether oxygens (including phenoxy) is 1. The Kier molecular flexibility index (Phi) is 3.36. The van der Waals surface area contributed by atoms with Crippen LogP contribution < -0.4 is 10.1 Å². The minimum absolute atomic E-state index is 0.102. The van der Waals surface area contributed by atoms with Crippen LogP contribution in [0.3, 0.4) is 0 Å². The van der Waals surface area contributed by atoms with Gasteiger partial charge in [0.05, 0.1) is 12.6 Å². The molecule has 106 valence electrons. The lowest BCUT2D eigenvalue weighted by atomic mass is 10.1. The van der Waals surface area contributed by atoms with E-state index in [-0.39, 0.29) is 5.75 Å². The first-order chi connectivity index (χ1) is 10.2. The number of hydrogen-bond donors (Lipinski definition) is 2. The molecular weight excluding hydrogens is 264 g/mol. The molecule has 0 atom stereocenters. The lowest BCUT2D eigenvalue weighted by Crippen LogP contribution is -1.94. The molecule has 0 amide bonds. The predicted molar refractivity (Wildman–Crippen MR) is 84.4 cm³/mol. The topological polar surface area (TPSA) is 54.4 Å². The van der Waals surface area contributed by atoms with Gasteiger partial charge in [-0.05, 0) is 36.8 Å². The molecule has 0 aliphatic heterocycles. The lowest BCUT2D eigenvalue weighted by molar-refractivity contribution is 0.374. The van der Waals surface area contributed by atoms with Gasteiger partial charge in [0, 0.05) is 29.0 Å². The number of anilines is 2. The molecule has 21 heavy (non-hydrogen) atoms. The number of nitrogens with zero attached hydrogens (tertiary/aromatic N) is 1. The molecule has 0 aliphatic rings. The molecule has 0 spiro atoms. The Morgan fingerprint density at radius 1 is 1.14 bits per heavy atom. The van der Waals surface area contributed by atoms with Crippen LogP contribution in [0, 0.1) is 6.92 Å². The molecule has 0 saturated heterocycles. The third-order valence-corrected chi connectivity index (χ3v) is 3.34. The molecule has 0 saturated carbocycles. The number of aromatic hydroxyl groups is 1. The first-order valence-electron chi connectivity index (χ1n) is 6.67. The van der Waals surface area contributed by atoms with Gasteiger partial charge in [0.25, 0.3) is 0 Å². The third-order valence-electron chi connectivity index (χ3n) is 3.34. The number of phenolic OH excluding ortho intramolecular Hbond substituents is 1. The number of pyridine rings is 1. The van der Waals surface area contributed by atoms with Gasteiger partial charge in [-0.2, -0.15) is 0 Å². The van der Waals surface area contributed by atoms with Crippen molar-refractivity contribution in [2.24, 2.45) is 0 Å². The number of fused-ring (bicyclic) bond motifs is 1. The Morgan fingerprint density at radius 3 is 2.76 bits per heavy atom. The van der Waals surface area contributed by atoms with Crippen LogP contribution in [0.4, 0.5) is 11.4 Å². The molecule has 3 rings (SSSR count). The van der Waals surface area contributed by atoms with Crippen LogP contribution in [-0.2, 0) is 0 Å². The zero-order valence-electron chi connectivity index (χ0n) is 11.9. The molecule has 4 heteroatoms. The maximum absolute atomic E-state index is 9.96. The van der Waals surface area contributed by atoms with E-state index in [4.69, 9.17) is 4.74 Å². The summed E-state index contributed by atoms with van der Waals surface area (Å²) in [7, 11) is 1.52. The van der Waals surface area contributed by atoms with Crippen LogP contribution in [0.5, 0.6) is 11.5 Å². The number of aromatic nitrogens is 1. The highest BCUT2D eigenvalue weighted by atomic mass is 16.5. The SMILES string of the molecule is COc1cc2nccc(Nc3cccc(C)c3)c2cc1O. The van der Waals surface area contributed by atoms with Crippen molar-refractivity contribution in [2.45, 2.75) is 6.92 Å². The molecule has 0 aliphatic carbocycles. The normalized spacial score (nSPS) is 10.6. The van der Waals surface area contributed by atoms with Crippen molar-refractivity contribution in [1.82, 2.24) is 4.98 Å². The summed E-state index contributed by atoms with van der Waals surface area (Å²) in [5.41, 5.74) is 3.84. The monoisotopic (exact) mass is 280 g/mol. The van der Waals surface area contributed by atoms with E-state index in [0.29, 0.717) is 5.75 Å². The second kappa shape index (κ2) is 5.32. The molecule has 0 radical (unpaired) electrons. The van der Waals surface area contributed by atoms with Gasteiger partial charge in [0.1, 0.15) is 0 Å². The number of nitrogens with one attached hydrogen (secondary N) is 1. The minimum Gasteiger partial charge on any atom is -0.504 e. The van der Waals surface area contributed by atoms with Crippen molar-refractivity contribution in [2.75, 3.05) is 12.4 Å². The number of rotatable bonds is 3. The highest BCUT2D eigenvalue weighted by molar-refractivity contribution is 5.94. The Balaban J connectivity index is 2.08. The molecule has 4 nitrogen and oxygen atoms in total. The van der Waals surface area contributed by atoms with E-state index in [2.05, 4.69) is 16.4 Å². The van der Waals surface area contributed by atoms with Crippen LogP contribution in [-0.4, -0.2) is 17.2 Å². The maximum Gasteiger partial charge on any atom is 0.162 e. The van der Waals surface area contributed by atoms with E-state index in [1.54, 1.807) is 18.3 Å². The fraction of sp³-hybridized carbons (Fsp3) is 0.118. The average molecular weight is 280 g/mol. The van der Waals surface area contributed by atoms with Crippen LogP contribution in [0.2, 0.25) is 0 Å². The van der Waals surface area contributed by atoms with Gasteiger partial charge in [-0.25, -0.2) is 0 Å². The van der Waals surface area contributed by atoms with Crippen molar-refractivity contribution in [3.8, 4) is 11.5 Å². The number of methoxy groups -OCH3 is 1. The van der Waals surface area contributed by atoms with E-state index < -0.39 is 0 Å². The molecule has 2 N–H and O–H groups in total. The van der Waals surface area contributed by atoms with Crippen LogP contribution in [0.15, 0.2) is 48.7 Å². The smallest absolute Gasteiger partial charge is 0.162 e. The van der Waals surface area contributed by atoms with E-state index >= 15 is 0 Å². The largest absolute Gasteiger partial charge is 0.504 e. The molecule has 1 aromatic heterocycles. The van der Waals surface area contributed by atoms with Crippen molar-refractivity contribution in [3.05, 3.63) is 54.2 Å². The van der Waals surface area contributed by atoms with Crippen LogP contribution >= 0.6 is 0 Å². The minimum atomic E-state index is 0.102. The first-order valence-corrected chi connectivity index (χ1v) is 6.67. The molecule has 3 aromatic rings. The van der Waals surface area contributed by atoms with Crippen LogP contribution in [0.1, 0.15) is 5.56 Å². The summed E-state index contributed by atoms with van der Waals surface area (Å²) in [6, 6.07) is 13.4. The standard InChI is InChI=1S/C17H16N2O2/c1-11-4-3-5-12(8-11)19-14-6-7-18-15-10-17(21-2)16(20)9-13(14)15/h3-10,20H,1-2H3,(H,18,19).